The molecule has 128 valence electrons. The number of alkyl carbamates (subject to hydrolysis) is 1. The van der Waals surface area contributed by atoms with E-state index >= 15 is 0 Å². The van der Waals surface area contributed by atoms with Gasteiger partial charge >= 0.3 is 6.09 Å². The molecule has 1 amide bonds. The zero-order valence-corrected chi connectivity index (χ0v) is 14.3. The maximum Gasteiger partial charge on any atom is 0.407 e. The summed E-state index contributed by atoms with van der Waals surface area (Å²) in [5.41, 5.74) is 0.488. The molecule has 1 aromatic rings. The van der Waals surface area contributed by atoms with E-state index in [0.29, 0.717) is 19.0 Å². The van der Waals surface area contributed by atoms with E-state index in [1.54, 1.807) is 12.5 Å². The van der Waals surface area contributed by atoms with Crippen LogP contribution < -0.4 is 10.6 Å². The summed E-state index contributed by atoms with van der Waals surface area (Å²) in [7, 11) is 0. The van der Waals surface area contributed by atoms with Crippen molar-refractivity contribution in [1.29, 1.82) is 0 Å². The van der Waals surface area contributed by atoms with Crippen molar-refractivity contribution in [2.75, 3.05) is 6.54 Å². The Hall–Kier alpha value is -1.69. The third-order valence-electron chi connectivity index (χ3n) is 4.02. The SMILES string of the molecule is CC(C)(C)OC(=O)NCC(NCc1ccncn1)C1CCCC1. The fourth-order valence-corrected chi connectivity index (χ4v) is 2.93. The van der Waals surface area contributed by atoms with Gasteiger partial charge in [0.25, 0.3) is 0 Å². The molecular weight excluding hydrogens is 292 g/mol. The van der Waals surface area contributed by atoms with E-state index in [1.807, 2.05) is 26.8 Å². The smallest absolute Gasteiger partial charge is 0.407 e. The van der Waals surface area contributed by atoms with E-state index in [0.717, 1.165) is 5.69 Å². The monoisotopic (exact) mass is 320 g/mol. The summed E-state index contributed by atoms with van der Waals surface area (Å²) in [6.45, 7) is 6.86. The summed E-state index contributed by atoms with van der Waals surface area (Å²) in [6, 6.07) is 2.14. The van der Waals surface area contributed by atoms with Gasteiger partial charge in [-0.15, -0.1) is 0 Å². The Kier molecular flexibility index (Phi) is 6.33. The van der Waals surface area contributed by atoms with Crippen molar-refractivity contribution in [3.63, 3.8) is 0 Å². The van der Waals surface area contributed by atoms with Crippen LogP contribution >= 0.6 is 0 Å². The molecule has 0 saturated heterocycles. The molecule has 1 fully saturated rings. The Bertz CT molecular complexity index is 481. The number of aromatic nitrogens is 2. The lowest BCUT2D eigenvalue weighted by molar-refractivity contribution is 0.0518. The van der Waals surface area contributed by atoms with Crippen LogP contribution in [0.25, 0.3) is 0 Å². The van der Waals surface area contributed by atoms with Crippen molar-refractivity contribution >= 4 is 6.09 Å². The molecule has 2 N–H and O–H groups in total. The molecular formula is C17H28N4O2. The van der Waals surface area contributed by atoms with Crippen LogP contribution in [0.4, 0.5) is 4.79 Å². The normalized spacial score (nSPS) is 17.0. The average Bonchev–Trinajstić information content (AvgIpc) is 3.00. The van der Waals surface area contributed by atoms with Crippen LogP contribution in [0.15, 0.2) is 18.6 Å². The fourth-order valence-electron chi connectivity index (χ4n) is 2.93. The van der Waals surface area contributed by atoms with Gasteiger partial charge in [0.1, 0.15) is 11.9 Å². The molecule has 1 atom stereocenters. The van der Waals surface area contributed by atoms with Gasteiger partial charge in [-0.05, 0) is 45.6 Å². The molecule has 1 aliphatic carbocycles. The number of nitrogens with one attached hydrogen (secondary N) is 2. The molecule has 0 aliphatic heterocycles. The number of carbonyl (C=O) groups is 1. The van der Waals surface area contributed by atoms with Gasteiger partial charge in [-0.3, -0.25) is 0 Å². The lowest BCUT2D eigenvalue weighted by Crippen LogP contribution is -2.45. The molecule has 1 saturated carbocycles. The minimum Gasteiger partial charge on any atom is -0.444 e. The predicted octanol–water partition coefficient (Wildman–Crippen LogP) is 2.65. The first-order valence-corrected chi connectivity index (χ1v) is 8.39. The molecule has 1 aromatic heterocycles. The van der Waals surface area contributed by atoms with E-state index in [-0.39, 0.29) is 12.1 Å². The van der Waals surface area contributed by atoms with E-state index in [2.05, 4.69) is 20.6 Å². The van der Waals surface area contributed by atoms with Crippen LogP contribution in [0, 0.1) is 5.92 Å². The first-order chi connectivity index (χ1) is 10.9. The van der Waals surface area contributed by atoms with Gasteiger partial charge < -0.3 is 15.4 Å². The quantitative estimate of drug-likeness (QED) is 0.843. The summed E-state index contributed by atoms with van der Waals surface area (Å²) in [5.74, 6) is 0.590. The molecule has 1 heterocycles. The van der Waals surface area contributed by atoms with Crippen LogP contribution in [0.3, 0.4) is 0 Å². The molecule has 1 aliphatic rings. The molecule has 6 nitrogen and oxygen atoms in total. The Morgan fingerprint density at radius 2 is 2.13 bits per heavy atom. The van der Waals surface area contributed by atoms with E-state index in [9.17, 15) is 4.79 Å². The van der Waals surface area contributed by atoms with Gasteiger partial charge in [0.15, 0.2) is 0 Å². The molecule has 23 heavy (non-hydrogen) atoms. The molecule has 0 aromatic carbocycles. The summed E-state index contributed by atoms with van der Waals surface area (Å²) in [5, 5.41) is 6.43. The Labute approximate surface area is 138 Å². The highest BCUT2D eigenvalue weighted by atomic mass is 16.6. The van der Waals surface area contributed by atoms with Gasteiger partial charge in [-0.1, -0.05) is 12.8 Å². The number of hydrogen-bond acceptors (Lipinski definition) is 5. The highest BCUT2D eigenvalue weighted by molar-refractivity contribution is 5.67. The Morgan fingerprint density at radius 1 is 1.39 bits per heavy atom. The number of ether oxygens (including phenoxy) is 1. The van der Waals surface area contributed by atoms with Crippen molar-refractivity contribution in [3.05, 3.63) is 24.3 Å². The molecule has 2 rings (SSSR count). The number of nitrogens with zero attached hydrogens (tertiary/aromatic N) is 2. The van der Waals surface area contributed by atoms with Gasteiger partial charge in [0.05, 0.1) is 5.69 Å². The third kappa shape index (κ3) is 6.52. The molecule has 0 radical (unpaired) electrons. The molecule has 6 heteroatoms. The highest BCUT2D eigenvalue weighted by Crippen LogP contribution is 2.27. The molecule has 0 spiro atoms. The zero-order valence-electron chi connectivity index (χ0n) is 14.3. The molecule has 1 unspecified atom stereocenters. The summed E-state index contributed by atoms with van der Waals surface area (Å²) in [4.78, 5) is 20.0. The summed E-state index contributed by atoms with van der Waals surface area (Å²) < 4.78 is 5.32. The second-order valence-corrected chi connectivity index (χ2v) is 7.12. The van der Waals surface area contributed by atoms with Gasteiger partial charge in [0.2, 0.25) is 0 Å². The van der Waals surface area contributed by atoms with Crippen molar-refractivity contribution in [2.45, 2.75) is 64.6 Å². The van der Waals surface area contributed by atoms with Crippen LogP contribution in [-0.2, 0) is 11.3 Å². The Morgan fingerprint density at radius 3 is 2.74 bits per heavy atom. The predicted molar refractivity (Wildman–Crippen MR) is 88.9 cm³/mol. The number of carbonyl (C=O) groups excluding carboxylic acids is 1. The average molecular weight is 320 g/mol. The minimum atomic E-state index is -0.471. The first-order valence-electron chi connectivity index (χ1n) is 8.39. The van der Waals surface area contributed by atoms with Crippen molar-refractivity contribution in [3.8, 4) is 0 Å². The summed E-state index contributed by atoms with van der Waals surface area (Å²) >= 11 is 0. The highest BCUT2D eigenvalue weighted by Gasteiger charge is 2.26. The van der Waals surface area contributed by atoms with Gasteiger partial charge in [0, 0.05) is 25.3 Å². The van der Waals surface area contributed by atoms with Crippen molar-refractivity contribution < 1.29 is 9.53 Å². The standard InChI is InChI=1S/C17H28N4O2/c1-17(2,3)23-16(22)20-11-15(13-6-4-5-7-13)19-10-14-8-9-18-12-21-14/h8-9,12-13,15,19H,4-7,10-11H2,1-3H3,(H,20,22). The van der Waals surface area contributed by atoms with Crippen LogP contribution in [0.2, 0.25) is 0 Å². The zero-order chi connectivity index (χ0) is 16.7. The topological polar surface area (TPSA) is 76.1 Å². The second-order valence-electron chi connectivity index (χ2n) is 7.12. The van der Waals surface area contributed by atoms with Crippen LogP contribution in [0.5, 0.6) is 0 Å². The largest absolute Gasteiger partial charge is 0.444 e. The van der Waals surface area contributed by atoms with Gasteiger partial charge in [-0.2, -0.15) is 0 Å². The van der Waals surface area contributed by atoms with E-state index in [4.69, 9.17) is 4.74 Å². The van der Waals surface area contributed by atoms with Crippen LogP contribution in [0.1, 0.15) is 52.1 Å². The number of amides is 1. The fraction of sp³-hybridized carbons (Fsp3) is 0.706. The van der Waals surface area contributed by atoms with Crippen molar-refractivity contribution in [2.24, 2.45) is 5.92 Å². The maximum atomic E-state index is 11.9. The number of rotatable bonds is 6. The lowest BCUT2D eigenvalue weighted by atomic mass is 9.98. The first kappa shape index (κ1) is 17.7. The van der Waals surface area contributed by atoms with Gasteiger partial charge in [-0.25, -0.2) is 14.8 Å². The summed E-state index contributed by atoms with van der Waals surface area (Å²) in [6.07, 6.45) is 7.89. The third-order valence-corrected chi connectivity index (χ3v) is 4.02. The second kappa shape index (κ2) is 8.24. The minimum absolute atomic E-state index is 0.236. The number of hydrogen-bond donors (Lipinski definition) is 2. The Balaban J connectivity index is 1.85. The maximum absolute atomic E-state index is 11.9. The van der Waals surface area contributed by atoms with Crippen LogP contribution in [-0.4, -0.2) is 34.2 Å². The van der Waals surface area contributed by atoms with E-state index in [1.165, 1.54) is 25.7 Å². The van der Waals surface area contributed by atoms with E-state index < -0.39 is 5.60 Å². The lowest BCUT2D eigenvalue weighted by Gasteiger charge is -2.26. The van der Waals surface area contributed by atoms with Crippen molar-refractivity contribution in [1.82, 2.24) is 20.6 Å². The molecule has 0 bridgehead atoms.